The third-order valence-electron chi connectivity index (χ3n) is 3.55. The average molecular weight is 327 g/mol. The first kappa shape index (κ1) is 14.3. The molecule has 0 spiro atoms. The SMILES string of the molecule is CN1CCCC1CCOc1ccc(C#N)c(Br)c1F. The van der Waals surface area contributed by atoms with Crippen LogP contribution in [0.5, 0.6) is 5.75 Å². The van der Waals surface area contributed by atoms with Crippen LogP contribution in [0.2, 0.25) is 0 Å². The Kier molecular flexibility index (Phi) is 4.78. The van der Waals surface area contributed by atoms with Crippen molar-refractivity contribution in [1.29, 1.82) is 5.26 Å². The molecule has 1 aliphatic rings. The van der Waals surface area contributed by atoms with Crippen LogP contribution in [0.3, 0.4) is 0 Å². The molecule has 19 heavy (non-hydrogen) atoms. The highest BCUT2D eigenvalue weighted by Crippen LogP contribution is 2.28. The van der Waals surface area contributed by atoms with E-state index in [4.69, 9.17) is 10.00 Å². The van der Waals surface area contributed by atoms with Crippen LogP contribution in [0.15, 0.2) is 16.6 Å². The first-order valence-corrected chi connectivity index (χ1v) is 7.14. The molecule has 3 nitrogen and oxygen atoms in total. The highest BCUT2D eigenvalue weighted by Gasteiger charge is 2.20. The van der Waals surface area contributed by atoms with Gasteiger partial charge in [-0.1, -0.05) is 0 Å². The second kappa shape index (κ2) is 6.36. The molecular formula is C14H16BrFN2O. The topological polar surface area (TPSA) is 36.3 Å². The van der Waals surface area contributed by atoms with Gasteiger partial charge in [-0.25, -0.2) is 4.39 Å². The summed E-state index contributed by atoms with van der Waals surface area (Å²) in [5.74, 6) is -0.301. The van der Waals surface area contributed by atoms with Crippen molar-refractivity contribution in [3.63, 3.8) is 0 Å². The number of nitriles is 1. The molecule has 0 N–H and O–H groups in total. The third kappa shape index (κ3) is 3.26. The molecule has 1 atom stereocenters. The minimum Gasteiger partial charge on any atom is -0.490 e. The number of rotatable bonds is 4. The number of benzene rings is 1. The van der Waals surface area contributed by atoms with Gasteiger partial charge in [-0.2, -0.15) is 5.26 Å². The van der Waals surface area contributed by atoms with E-state index in [1.165, 1.54) is 18.9 Å². The minimum atomic E-state index is -0.501. The van der Waals surface area contributed by atoms with E-state index in [1.807, 2.05) is 6.07 Å². The van der Waals surface area contributed by atoms with Crippen molar-refractivity contribution < 1.29 is 9.13 Å². The lowest BCUT2D eigenvalue weighted by atomic mass is 10.1. The Morgan fingerprint density at radius 2 is 2.37 bits per heavy atom. The van der Waals surface area contributed by atoms with Gasteiger partial charge in [0.15, 0.2) is 11.6 Å². The van der Waals surface area contributed by atoms with Crippen molar-refractivity contribution in [3.8, 4) is 11.8 Å². The number of halogens is 2. The zero-order valence-corrected chi connectivity index (χ0v) is 12.4. The monoisotopic (exact) mass is 326 g/mol. The molecule has 1 aliphatic heterocycles. The Morgan fingerprint density at radius 3 is 3.00 bits per heavy atom. The van der Waals surface area contributed by atoms with Gasteiger partial charge in [0.05, 0.1) is 16.6 Å². The highest BCUT2D eigenvalue weighted by atomic mass is 79.9. The molecular weight excluding hydrogens is 311 g/mol. The summed E-state index contributed by atoms with van der Waals surface area (Å²) in [7, 11) is 2.11. The van der Waals surface area contributed by atoms with Gasteiger partial charge in [-0.3, -0.25) is 0 Å². The zero-order valence-electron chi connectivity index (χ0n) is 10.8. The lowest BCUT2D eigenvalue weighted by molar-refractivity contribution is 0.227. The van der Waals surface area contributed by atoms with E-state index < -0.39 is 5.82 Å². The van der Waals surface area contributed by atoms with Crippen LogP contribution in [0, 0.1) is 17.1 Å². The quantitative estimate of drug-likeness (QED) is 0.851. The summed E-state index contributed by atoms with van der Waals surface area (Å²) in [5, 5.41) is 8.79. The van der Waals surface area contributed by atoms with Crippen molar-refractivity contribution in [1.82, 2.24) is 4.90 Å². The van der Waals surface area contributed by atoms with E-state index in [9.17, 15) is 4.39 Å². The van der Waals surface area contributed by atoms with Gasteiger partial charge in [0.25, 0.3) is 0 Å². The Bertz CT molecular complexity index is 501. The summed E-state index contributed by atoms with van der Waals surface area (Å²) in [4.78, 5) is 2.31. The predicted octanol–water partition coefficient (Wildman–Crippen LogP) is 3.32. The molecule has 0 bridgehead atoms. The van der Waals surface area contributed by atoms with E-state index in [0.717, 1.165) is 13.0 Å². The molecule has 0 radical (unpaired) electrons. The van der Waals surface area contributed by atoms with Crippen LogP contribution in [0.4, 0.5) is 4.39 Å². The van der Waals surface area contributed by atoms with Gasteiger partial charge >= 0.3 is 0 Å². The summed E-state index contributed by atoms with van der Waals surface area (Å²) in [5.41, 5.74) is 0.278. The maximum absolute atomic E-state index is 13.9. The molecule has 0 aliphatic carbocycles. The molecule has 0 amide bonds. The van der Waals surface area contributed by atoms with E-state index in [0.29, 0.717) is 12.6 Å². The van der Waals surface area contributed by atoms with Crippen LogP contribution in [0.1, 0.15) is 24.8 Å². The summed E-state index contributed by atoms with van der Waals surface area (Å²) < 4.78 is 19.6. The zero-order chi connectivity index (χ0) is 13.8. The maximum atomic E-state index is 13.9. The van der Waals surface area contributed by atoms with Crippen LogP contribution in [-0.2, 0) is 0 Å². The van der Waals surface area contributed by atoms with E-state index in [2.05, 4.69) is 27.9 Å². The summed E-state index contributed by atoms with van der Waals surface area (Å²) in [6, 6.07) is 5.52. The van der Waals surface area contributed by atoms with Crippen LogP contribution in [0.25, 0.3) is 0 Å². The Labute approximate surface area is 121 Å². The molecule has 102 valence electrons. The fourth-order valence-corrected chi connectivity index (χ4v) is 2.79. The molecule has 1 aromatic carbocycles. The Hall–Kier alpha value is -1.12. The predicted molar refractivity (Wildman–Crippen MR) is 74.6 cm³/mol. The molecule has 1 aromatic rings. The van der Waals surface area contributed by atoms with Crippen molar-refractivity contribution in [2.45, 2.75) is 25.3 Å². The molecule has 1 saturated heterocycles. The minimum absolute atomic E-state index is 0.172. The van der Waals surface area contributed by atoms with Crippen molar-refractivity contribution in [2.75, 3.05) is 20.2 Å². The molecule has 1 heterocycles. The number of hydrogen-bond acceptors (Lipinski definition) is 3. The highest BCUT2D eigenvalue weighted by molar-refractivity contribution is 9.10. The summed E-state index contributed by atoms with van der Waals surface area (Å²) >= 11 is 3.07. The molecule has 0 saturated carbocycles. The van der Waals surface area contributed by atoms with E-state index in [-0.39, 0.29) is 15.8 Å². The van der Waals surface area contributed by atoms with Crippen molar-refractivity contribution >= 4 is 15.9 Å². The van der Waals surface area contributed by atoms with Crippen molar-refractivity contribution in [2.24, 2.45) is 0 Å². The third-order valence-corrected chi connectivity index (χ3v) is 4.32. The summed E-state index contributed by atoms with van der Waals surface area (Å²) in [6.07, 6.45) is 3.30. The number of ether oxygens (including phenoxy) is 1. The fraction of sp³-hybridized carbons (Fsp3) is 0.500. The molecule has 1 unspecified atom stereocenters. The molecule has 2 rings (SSSR count). The average Bonchev–Trinajstić information content (AvgIpc) is 2.81. The number of nitrogens with zero attached hydrogens (tertiary/aromatic N) is 2. The van der Waals surface area contributed by atoms with E-state index in [1.54, 1.807) is 6.07 Å². The first-order valence-electron chi connectivity index (χ1n) is 6.34. The standard InChI is InChI=1S/C14H16BrFN2O/c1-18-7-2-3-11(18)6-8-19-12-5-4-10(9-17)13(15)14(12)16/h4-5,11H,2-3,6-8H2,1H3. The first-order chi connectivity index (χ1) is 9.13. The second-order valence-electron chi connectivity index (χ2n) is 4.76. The normalized spacial score (nSPS) is 19.4. The van der Waals surface area contributed by atoms with Crippen LogP contribution >= 0.6 is 15.9 Å². The van der Waals surface area contributed by atoms with Gasteiger partial charge < -0.3 is 9.64 Å². The largest absolute Gasteiger partial charge is 0.490 e. The molecule has 5 heteroatoms. The van der Waals surface area contributed by atoms with Crippen LogP contribution in [-0.4, -0.2) is 31.1 Å². The lowest BCUT2D eigenvalue weighted by Crippen LogP contribution is -2.26. The lowest BCUT2D eigenvalue weighted by Gasteiger charge is -2.19. The Morgan fingerprint density at radius 1 is 1.58 bits per heavy atom. The number of likely N-dealkylation sites (tertiary alicyclic amines) is 1. The van der Waals surface area contributed by atoms with Gasteiger partial charge in [0.1, 0.15) is 6.07 Å². The van der Waals surface area contributed by atoms with Gasteiger partial charge in [-0.15, -0.1) is 0 Å². The van der Waals surface area contributed by atoms with Gasteiger partial charge in [0, 0.05) is 6.04 Å². The number of hydrogen-bond donors (Lipinski definition) is 0. The van der Waals surface area contributed by atoms with Gasteiger partial charge in [-0.05, 0) is 60.9 Å². The van der Waals surface area contributed by atoms with Crippen LogP contribution < -0.4 is 4.74 Å². The van der Waals surface area contributed by atoms with Gasteiger partial charge in [0.2, 0.25) is 0 Å². The molecule has 1 fully saturated rings. The fourth-order valence-electron chi connectivity index (χ4n) is 2.38. The smallest absolute Gasteiger partial charge is 0.180 e. The Balaban J connectivity index is 1.93. The molecule has 0 aromatic heterocycles. The summed E-state index contributed by atoms with van der Waals surface area (Å²) in [6.45, 7) is 1.62. The second-order valence-corrected chi connectivity index (χ2v) is 5.56. The van der Waals surface area contributed by atoms with Crippen molar-refractivity contribution in [3.05, 3.63) is 28.0 Å². The maximum Gasteiger partial charge on any atom is 0.180 e. The van der Waals surface area contributed by atoms with E-state index >= 15 is 0 Å².